The van der Waals surface area contributed by atoms with E-state index in [1.165, 1.54) is 11.3 Å². The fourth-order valence-electron chi connectivity index (χ4n) is 3.58. The SMILES string of the molecule is CC1(c2cccs2)NC(=O)N(CC(=O)N2CCCc3ccccc32)C1=O. The van der Waals surface area contributed by atoms with Gasteiger partial charge in [0.25, 0.3) is 5.91 Å². The molecule has 4 amide bonds. The van der Waals surface area contributed by atoms with E-state index in [0.717, 1.165) is 33.9 Å². The van der Waals surface area contributed by atoms with Crippen LogP contribution in [0.1, 0.15) is 23.8 Å². The molecular formula is C19H19N3O3S. The Hall–Kier alpha value is -2.67. The van der Waals surface area contributed by atoms with Gasteiger partial charge in [-0.3, -0.25) is 14.5 Å². The molecule has 4 rings (SSSR count). The van der Waals surface area contributed by atoms with Crippen molar-refractivity contribution in [2.45, 2.75) is 25.3 Å². The summed E-state index contributed by atoms with van der Waals surface area (Å²) in [5.41, 5.74) is 0.885. The number of amides is 4. The minimum Gasteiger partial charge on any atom is -0.319 e. The minimum atomic E-state index is -1.11. The summed E-state index contributed by atoms with van der Waals surface area (Å²) in [5.74, 6) is -0.625. The van der Waals surface area contributed by atoms with Gasteiger partial charge in [0.2, 0.25) is 5.91 Å². The van der Waals surface area contributed by atoms with Crippen LogP contribution in [0.4, 0.5) is 10.5 Å². The number of thiophene rings is 1. The van der Waals surface area contributed by atoms with Crippen molar-refractivity contribution in [1.82, 2.24) is 10.2 Å². The molecule has 0 saturated carbocycles. The summed E-state index contributed by atoms with van der Waals surface area (Å²) in [5, 5.41) is 4.60. The Labute approximate surface area is 155 Å². The van der Waals surface area contributed by atoms with Crippen molar-refractivity contribution >= 4 is 34.9 Å². The Morgan fingerprint density at radius 2 is 2.04 bits per heavy atom. The molecule has 7 heteroatoms. The molecule has 0 aliphatic carbocycles. The number of para-hydroxylation sites is 1. The third kappa shape index (κ3) is 2.59. The van der Waals surface area contributed by atoms with Gasteiger partial charge in [0, 0.05) is 17.1 Å². The molecule has 26 heavy (non-hydrogen) atoms. The maximum absolute atomic E-state index is 12.9. The highest BCUT2D eigenvalue weighted by molar-refractivity contribution is 7.10. The van der Waals surface area contributed by atoms with Gasteiger partial charge in [0.15, 0.2) is 5.54 Å². The number of carbonyl (C=O) groups excluding carboxylic acids is 3. The van der Waals surface area contributed by atoms with E-state index in [-0.39, 0.29) is 18.4 Å². The Bertz CT molecular complexity index is 880. The third-order valence-corrected chi connectivity index (χ3v) is 6.09. The summed E-state index contributed by atoms with van der Waals surface area (Å²) in [7, 11) is 0. The van der Waals surface area contributed by atoms with Crippen LogP contribution in [0.25, 0.3) is 0 Å². The first-order chi connectivity index (χ1) is 12.5. The van der Waals surface area contributed by atoms with Crippen LogP contribution < -0.4 is 10.2 Å². The number of benzene rings is 1. The standard InChI is InChI=1S/C19H19N3O3S/c1-19(15-9-5-11-26-15)17(24)22(18(25)20-19)12-16(23)21-10-4-7-13-6-2-3-8-14(13)21/h2-3,5-6,8-9,11H,4,7,10,12H2,1H3,(H,20,25). The van der Waals surface area contributed by atoms with E-state index in [1.807, 2.05) is 41.8 Å². The average Bonchev–Trinajstić information content (AvgIpc) is 3.26. The number of hydrogen-bond acceptors (Lipinski definition) is 4. The topological polar surface area (TPSA) is 69.7 Å². The van der Waals surface area contributed by atoms with Crippen molar-refractivity contribution < 1.29 is 14.4 Å². The maximum Gasteiger partial charge on any atom is 0.325 e. The van der Waals surface area contributed by atoms with Gasteiger partial charge >= 0.3 is 6.03 Å². The molecule has 1 saturated heterocycles. The second-order valence-corrected chi connectivity index (χ2v) is 7.65. The van der Waals surface area contributed by atoms with Crippen molar-refractivity contribution in [2.24, 2.45) is 0 Å². The lowest BCUT2D eigenvalue weighted by molar-refractivity contribution is -0.134. The molecule has 0 radical (unpaired) electrons. The quantitative estimate of drug-likeness (QED) is 0.845. The largest absolute Gasteiger partial charge is 0.325 e. The molecule has 0 bridgehead atoms. The van der Waals surface area contributed by atoms with Gasteiger partial charge in [-0.2, -0.15) is 0 Å². The van der Waals surface area contributed by atoms with Crippen LogP contribution in [-0.4, -0.2) is 35.8 Å². The van der Waals surface area contributed by atoms with Gasteiger partial charge in [0.05, 0.1) is 0 Å². The number of carbonyl (C=O) groups is 3. The summed E-state index contributed by atoms with van der Waals surface area (Å²) < 4.78 is 0. The van der Waals surface area contributed by atoms with Crippen LogP contribution in [0.5, 0.6) is 0 Å². The van der Waals surface area contributed by atoms with Crippen LogP contribution in [0.2, 0.25) is 0 Å². The lowest BCUT2D eigenvalue weighted by atomic mass is 10.0. The predicted octanol–water partition coefficient (Wildman–Crippen LogP) is 2.49. The first-order valence-corrected chi connectivity index (χ1v) is 9.45. The van der Waals surface area contributed by atoms with E-state index in [1.54, 1.807) is 11.8 Å². The summed E-state index contributed by atoms with van der Waals surface area (Å²) in [6.07, 6.45) is 1.80. The first kappa shape index (κ1) is 16.8. The van der Waals surface area contributed by atoms with E-state index in [2.05, 4.69) is 5.32 Å². The molecule has 1 atom stereocenters. The Balaban J connectivity index is 1.56. The maximum atomic E-state index is 12.9. The van der Waals surface area contributed by atoms with Crippen LogP contribution in [0.3, 0.4) is 0 Å². The molecule has 2 aliphatic rings. The van der Waals surface area contributed by atoms with E-state index in [4.69, 9.17) is 0 Å². The number of anilines is 1. The minimum absolute atomic E-state index is 0.240. The van der Waals surface area contributed by atoms with Gasteiger partial charge in [-0.25, -0.2) is 4.79 Å². The van der Waals surface area contributed by atoms with Crippen LogP contribution in [0.15, 0.2) is 41.8 Å². The van der Waals surface area contributed by atoms with Crippen molar-refractivity contribution in [3.8, 4) is 0 Å². The van der Waals surface area contributed by atoms with Gasteiger partial charge in [-0.05, 0) is 42.8 Å². The molecule has 1 fully saturated rings. The van der Waals surface area contributed by atoms with E-state index in [0.29, 0.717) is 6.54 Å². The highest BCUT2D eigenvalue weighted by Gasteiger charge is 2.50. The Kier molecular flexibility index (Phi) is 4.03. The smallest absolute Gasteiger partial charge is 0.319 e. The number of hydrogen-bond donors (Lipinski definition) is 1. The van der Waals surface area contributed by atoms with Gasteiger partial charge < -0.3 is 10.2 Å². The molecule has 134 valence electrons. The molecule has 3 heterocycles. The number of fused-ring (bicyclic) bond motifs is 1. The average molecular weight is 369 g/mol. The summed E-state index contributed by atoms with van der Waals surface area (Å²) in [4.78, 5) is 41.6. The van der Waals surface area contributed by atoms with E-state index < -0.39 is 11.6 Å². The van der Waals surface area contributed by atoms with E-state index in [9.17, 15) is 14.4 Å². The highest BCUT2D eigenvalue weighted by atomic mass is 32.1. The zero-order valence-corrected chi connectivity index (χ0v) is 15.2. The number of urea groups is 1. The lowest BCUT2D eigenvalue weighted by Crippen LogP contribution is -2.45. The summed E-state index contributed by atoms with van der Waals surface area (Å²) in [6.45, 7) is 2.03. The monoisotopic (exact) mass is 369 g/mol. The van der Waals surface area contributed by atoms with Crippen LogP contribution >= 0.6 is 11.3 Å². The van der Waals surface area contributed by atoms with Gasteiger partial charge in [-0.1, -0.05) is 24.3 Å². The molecule has 6 nitrogen and oxygen atoms in total. The van der Waals surface area contributed by atoms with Crippen molar-refractivity contribution in [3.63, 3.8) is 0 Å². The zero-order chi connectivity index (χ0) is 18.3. The first-order valence-electron chi connectivity index (χ1n) is 8.57. The van der Waals surface area contributed by atoms with E-state index >= 15 is 0 Å². The predicted molar refractivity (Wildman–Crippen MR) is 99.0 cm³/mol. The fourth-order valence-corrected chi connectivity index (χ4v) is 4.42. The number of rotatable bonds is 3. The number of nitrogens with zero attached hydrogens (tertiary/aromatic N) is 2. The molecule has 0 spiro atoms. The fraction of sp³-hybridized carbons (Fsp3) is 0.316. The normalized spacial score (nSPS) is 22.3. The summed E-state index contributed by atoms with van der Waals surface area (Å²) in [6, 6.07) is 10.9. The number of nitrogens with one attached hydrogen (secondary N) is 1. The molecule has 1 aromatic heterocycles. The lowest BCUT2D eigenvalue weighted by Gasteiger charge is -2.30. The number of imide groups is 1. The molecule has 2 aromatic rings. The zero-order valence-electron chi connectivity index (χ0n) is 14.4. The molecule has 1 aromatic carbocycles. The third-order valence-electron chi connectivity index (χ3n) is 4.99. The van der Waals surface area contributed by atoms with Gasteiger partial charge in [0.1, 0.15) is 6.54 Å². The molecular weight excluding hydrogens is 350 g/mol. The molecule has 1 unspecified atom stereocenters. The Morgan fingerprint density at radius 3 is 2.81 bits per heavy atom. The van der Waals surface area contributed by atoms with Gasteiger partial charge in [-0.15, -0.1) is 11.3 Å². The molecule has 2 aliphatic heterocycles. The summed E-state index contributed by atoms with van der Waals surface area (Å²) >= 11 is 1.41. The van der Waals surface area contributed by atoms with Crippen LogP contribution in [-0.2, 0) is 21.5 Å². The second-order valence-electron chi connectivity index (χ2n) is 6.70. The second kappa shape index (κ2) is 6.25. The van der Waals surface area contributed by atoms with Crippen molar-refractivity contribution in [2.75, 3.05) is 18.0 Å². The number of aryl methyl sites for hydroxylation is 1. The van der Waals surface area contributed by atoms with Crippen molar-refractivity contribution in [1.29, 1.82) is 0 Å². The Morgan fingerprint density at radius 1 is 1.23 bits per heavy atom. The molecule has 1 N–H and O–H groups in total. The van der Waals surface area contributed by atoms with Crippen LogP contribution in [0, 0.1) is 0 Å². The van der Waals surface area contributed by atoms with Crippen molar-refractivity contribution in [3.05, 3.63) is 52.2 Å². The highest BCUT2D eigenvalue weighted by Crippen LogP contribution is 2.32.